The molecule has 4 fully saturated rings. The SMILES string of the molecule is CNc1cc(N2CCc3c(-c4ccc(CN5CC6(CCN(C(=O)c7ccc(Cl)c(N8CCC(=O)NC8=O)c7)CC6)C5)cc4)cccc32)nn2c(C(=O)N[C@@H]3C[C@@H]3F)cnc12. The fraction of sp³-hybridized carbons (Fsp3) is 0.364. The van der Waals surface area contributed by atoms with Gasteiger partial charge in [-0.05, 0) is 71.2 Å². The smallest absolute Gasteiger partial charge is 0.328 e. The maximum atomic E-state index is 13.6. The molecule has 1 saturated carbocycles. The summed E-state index contributed by atoms with van der Waals surface area (Å²) in [7, 11) is 1.81. The van der Waals surface area contributed by atoms with E-state index in [4.69, 9.17) is 16.7 Å². The number of hydrogen-bond donors (Lipinski definition) is 3. The number of piperidine rings is 1. The number of fused-ring (bicyclic) bond motifs is 2. The predicted molar refractivity (Wildman–Crippen MR) is 226 cm³/mol. The largest absolute Gasteiger partial charge is 0.385 e. The van der Waals surface area contributed by atoms with E-state index in [1.807, 2.05) is 18.0 Å². The number of nitrogens with one attached hydrogen (secondary N) is 3. The normalized spacial score (nSPS) is 20.9. The van der Waals surface area contributed by atoms with Crippen molar-refractivity contribution in [2.24, 2.45) is 5.41 Å². The summed E-state index contributed by atoms with van der Waals surface area (Å²) in [6.07, 6.45) is 3.68. The molecule has 0 unspecified atom stereocenters. The number of carbonyl (C=O) groups is 4. The van der Waals surface area contributed by atoms with E-state index in [0.717, 1.165) is 62.4 Å². The standard InChI is InChI=1S/C44H44ClFN10O4/c1-47-34-21-38(51-56-37(22-48-40(34)56)41(58)49-33-20-32(33)46)54-15-11-30-29(3-2-4-35(30)54)27-7-5-26(6-8-27)23-52-24-44(25-52)13-17-53(18-14-44)42(59)28-9-10-31(45)36(19-28)55-16-12-39(57)50-43(55)60/h2-10,19,21-22,32-33,47H,11-18,20,23-25H2,1H3,(H,49,58)(H,50,57,60)/t32-,33+/m0/s1. The molecule has 2 atom stereocenters. The monoisotopic (exact) mass is 830 g/mol. The van der Waals surface area contributed by atoms with Crippen molar-refractivity contribution < 1.29 is 23.6 Å². The summed E-state index contributed by atoms with van der Waals surface area (Å²) < 4.78 is 15.1. The Balaban J connectivity index is 0.767. The zero-order valence-corrected chi connectivity index (χ0v) is 33.8. The molecular weight excluding hydrogens is 787 g/mol. The van der Waals surface area contributed by atoms with Gasteiger partial charge in [-0.15, -0.1) is 5.10 Å². The number of carbonyl (C=O) groups excluding carboxylic acids is 4. The van der Waals surface area contributed by atoms with Crippen molar-refractivity contribution in [3.05, 3.63) is 100 Å². The molecule has 1 spiro atoms. The van der Waals surface area contributed by atoms with Crippen LogP contribution < -0.4 is 25.8 Å². The van der Waals surface area contributed by atoms with Gasteiger partial charge < -0.3 is 20.4 Å². The third kappa shape index (κ3) is 6.88. The van der Waals surface area contributed by atoms with E-state index in [9.17, 15) is 23.6 Å². The minimum absolute atomic E-state index is 0.0808. The van der Waals surface area contributed by atoms with Gasteiger partial charge in [0, 0.05) is 83.0 Å². The van der Waals surface area contributed by atoms with Gasteiger partial charge in [-0.1, -0.05) is 48.0 Å². The van der Waals surface area contributed by atoms with Crippen LogP contribution in [0.4, 0.5) is 32.1 Å². The number of urea groups is 1. The molecule has 3 aromatic carbocycles. The second kappa shape index (κ2) is 14.9. The lowest BCUT2D eigenvalue weighted by Gasteiger charge is -2.54. The molecule has 5 aromatic rings. The van der Waals surface area contributed by atoms with Crippen LogP contribution in [0.2, 0.25) is 5.02 Å². The Kier molecular flexibility index (Phi) is 9.47. The first-order valence-corrected chi connectivity index (χ1v) is 20.9. The molecule has 3 saturated heterocycles. The molecule has 10 rings (SSSR count). The highest BCUT2D eigenvalue weighted by Crippen LogP contribution is 2.43. The molecule has 308 valence electrons. The summed E-state index contributed by atoms with van der Waals surface area (Å²) in [5, 5.41) is 13.5. The lowest BCUT2D eigenvalue weighted by atomic mass is 9.72. The summed E-state index contributed by atoms with van der Waals surface area (Å²) in [6.45, 7) is 5.12. The summed E-state index contributed by atoms with van der Waals surface area (Å²) in [4.78, 5) is 63.1. The van der Waals surface area contributed by atoms with Crippen molar-refractivity contribution >= 4 is 63.9 Å². The second-order valence-corrected chi connectivity index (χ2v) is 17.0. The number of alkyl halides is 1. The molecule has 16 heteroatoms. The first kappa shape index (κ1) is 38.2. The van der Waals surface area contributed by atoms with Crippen molar-refractivity contribution in [2.75, 3.05) is 61.4 Å². The number of benzene rings is 3. The van der Waals surface area contributed by atoms with Crippen LogP contribution in [0.5, 0.6) is 0 Å². The van der Waals surface area contributed by atoms with Crippen LogP contribution in [0.3, 0.4) is 0 Å². The van der Waals surface area contributed by atoms with Gasteiger partial charge in [0.25, 0.3) is 11.8 Å². The first-order chi connectivity index (χ1) is 29.1. The molecule has 6 heterocycles. The van der Waals surface area contributed by atoms with Gasteiger partial charge in [0.1, 0.15) is 6.17 Å². The number of nitrogens with zero attached hydrogens (tertiary/aromatic N) is 7. The summed E-state index contributed by atoms with van der Waals surface area (Å²) in [5.74, 6) is -0.116. The van der Waals surface area contributed by atoms with Crippen LogP contribution >= 0.6 is 11.6 Å². The van der Waals surface area contributed by atoms with E-state index < -0.39 is 24.2 Å². The predicted octanol–water partition coefficient (Wildman–Crippen LogP) is 5.81. The van der Waals surface area contributed by atoms with Crippen molar-refractivity contribution in [1.82, 2.24) is 35.0 Å². The molecule has 60 heavy (non-hydrogen) atoms. The van der Waals surface area contributed by atoms with Crippen molar-refractivity contribution in [2.45, 2.75) is 50.9 Å². The molecule has 14 nitrogen and oxygen atoms in total. The Bertz CT molecular complexity index is 2570. The van der Waals surface area contributed by atoms with Gasteiger partial charge in [-0.2, -0.15) is 0 Å². The van der Waals surface area contributed by atoms with Crippen molar-refractivity contribution in [1.29, 1.82) is 0 Å². The van der Waals surface area contributed by atoms with Gasteiger partial charge in [0.2, 0.25) is 5.91 Å². The Morgan fingerprint density at radius 1 is 0.950 bits per heavy atom. The number of rotatable bonds is 9. The van der Waals surface area contributed by atoms with Crippen molar-refractivity contribution in [3.63, 3.8) is 0 Å². The number of amides is 5. The van der Waals surface area contributed by atoms with Gasteiger partial charge in [0.15, 0.2) is 17.2 Å². The van der Waals surface area contributed by atoms with E-state index in [2.05, 4.69) is 73.2 Å². The van der Waals surface area contributed by atoms with E-state index in [0.29, 0.717) is 47.2 Å². The number of aromatic nitrogens is 3. The summed E-state index contributed by atoms with van der Waals surface area (Å²) >= 11 is 6.42. The number of imide groups is 1. The van der Waals surface area contributed by atoms with Crippen LogP contribution in [0.25, 0.3) is 16.8 Å². The Labute approximate surface area is 350 Å². The second-order valence-electron chi connectivity index (χ2n) is 16.6. The maximum absolute atomic E-state index is 13.6. The Hall–Kier alpha value is -6.06. The minimum Gasteiger partial charge on any atom is -0.385 e. The number of likely N-dealkylation sites (tertiary alicyclic amines) is 2. The quantitative estimate of drug-likeness (QED) is 0.168. The molecule has 2 aromatic heterocycles. The van der Waals surface area contributed by atoms with E-state index in [1.54, 1.807) is 22.7 Å². The molecule has 4 aliphatic heterocycles. The van der Waals surface area contributed by atoms with Crippen LogP contribution in [0, 0.1) is 5.41 Å². The highest BCUT2D eigenvalue weighted by Gasteiger charge is 2.45. The summed E-state index contributed by atoms with van der Waals surface area (Å²) in [5.41, 5.74) is 8.51. The number of hydrogen-bond acceptors (Lipinski definition) is 9. The Morgan fingerprint density at radius 2 is 1.72 bits per heavy atom. The average Bonchev–Trinajstić information content (AvgIpc) is 3.55. The number of halogens is 2. The summed E-state index contributed by atoms with van der Waals surface area (Å²) in [6, 6.07) is 21.1. The number of imidazole rings is 1. The lowest BCUT2D eigenvalue weighted by Crippen LogP contribution is -2.60. The molecule has 1 aliphatic carbocycles. The molecule has 0 bridgehead atoms. The zero-order valence-electron chi connectivity index (χ0n) is 33.1. The van der Waals surface area contributed by atoms with E-state index in [1.165, 1.54) is 27.8 Å². The van der Waals surface area contributed by atoms with E-state index >= 15 is 0 Å². The van der Waals surface area contributed by atoms with Gasteiger partial charge >= 0.3 is 6.03 Å². The van der Waals surface area contributed by atoms with E-state index in [-0.39, 0.29) is 35.9 Å². The fourth-order valence-corrected chi connectivity index (χ4v) is 9.54. The third-order valence-corrected chi connectivity index (χ3v) is 13.0. The highest BCUT2D eigenvalue weighted by atomic mass is 35.5. The van der Waals surface area contributed by atoms with Gasteiger partial charge in [0.05, 0.1) is 28.6 Å². The molecule has 0 radical (unpaired) electrons. The van der Waals surface area contributed by atoms with Gasteiger partial charge in [-0.25, -0.2) is 18.7 Å². The van der Waals surface area contributed by atoms with Crippen LogP contribution in [-0.2, 0) is 17.8 Å². The molecule has 5 amide bonds. The third-order valence-electron chi connectivity index (χ3n) is 12.7. The molecule has 3 N–H and O–H groups in total. The maximum Gasteiger partial charge on any atom is 0.328 e. The molecule has 5 aliphatic rings. The minimum atomic E-state index is -1.01. The van der Waals surface area contributed by atoms with Crippen LogP contribution in [-0.4, -0.2) is 107 Å². The Morgan fingerprint density at radius 3 is 2.45 bits per heavy atom. The lowest BCUT2D eigenvalue weighted by molar-refractivity contribution is -0.120. The first-order valence-electron chi connectivity index (χ1n) is 20.5. The molecular formula is C44H44ClFN10O4. The fourth-order valence-electron chi connectivity index (χ4n) is 9.32. The van der Waals surface area contributed by atoms with Crippen LogP contribution in [0.1, 0.15) is 57.7 Å². The topological polar surface area (TPSA) is 148 Å². The highest BCUT2D eigenvalue weighted by molar-refractivity contribution is 6.34. The average molecular weight is 831 g/mol. The number of anilines is 4. The van der Waals surface area contributed by atoms with Crippen molar-refractivity contribution in [3.8, 4) is 11.1 Å². The van der Waals surface area contributed by atoms with Crippen LogP contribution in [0.15, 0.2) is 72.9 Å². The van der Waals surface area contributed by atoms with Gasteiger partial charge in [-0.3, -0.25) is 29.5 Å². The zero-order chi connectivity index (χ0) is 41.3.